The highest BCUT2D eigenvalue weighted by Gasteiger charge is 2.37. The van der Waals surface area contributed by atoms with Gasteiger partial charge in [0.05, 0.1) is 12.0 Å². The van der Waals surface area contributed by atoms with Crippen LogP contribution in [0.15, 0.2) is 24.3 Å². The number of nitrogens with one attached hydrogen (secondary N) is 1. The third-order valence-corrected chi connectivity index (χ3v) is 4.44. The normalized spacial score (nSPS) is 17.4. The van der Waals surface area contributed by atoms with Gasteiger partial charge in [-0.05, 0) is 24.0 Å². The van der Waals surface area contributed by atoms with E-state index in [9.17, 15) is 4.79 Å². The van der Waals surface area contributed by atoms with Gasteiger partial charge in [-0.2, -0.15) is 0 Å². The quantitative estimate of drug-likeness (QED) is 0.845. The molecule has 1 amide bonds. The van der Waals surface area contributed by atoms with E-state index in [0.717, 1.165) is 36.8 Å². The summed E-state index contributed by atoms with van der Waals surface area (Å²) in [5, 5.41) is 3.07. The first-order valence-corrected chi connectivity index (χ1v) is 7.75. The maximum absolute atomic E-state index is 12.5. The van der Waals surface area contributed by atoms with Crippen molar-refractivity contribution in [3.05, 3.63) is 35.4 Å². The molecule has 1 aliphatic carbocycles. The number of rotatable bonds is 6. The molecule has 0 spiro atoms. The molecule has 2 rings (SSSR count). The second-order valence-electron chi connectivity index (χ2n) is 5.98. The Kier molecular flexibility index (Phi) is 5.76. The van der Waals surface area contributed by atoms with E-state index in [4.69, 9.17) is 10.5 Å². The lowest BCUT2D eigenvalue weighted by Crippen LogP contribution is -2.46. The molecule has 3 N–H and O–H groups in total. The van der Waals surface area contributed by atoms with Gasteiger partial charge in [0.25, 0.3) is 0 Å². The van der Waals surface area contributed by atoms with Crippen molar-refractivity contribution in [1.29, 1.82) is 0 Å². The van der Waals surface area contributed by atoms with Crippen LogP contribution in [0.4, 0.5) is 0 Å². The van der Waals surface area contributed by atoms with Gasteiger partial charge in [0, 0.05) is 20.2 Å². The molecule has 1 saturated carbocycles. The summed E-state index contributed by atoms with van der Waals surface area (Å²) in [5.74, 6) is 0.113. The maximum atomic E-state index is 12.5. The van der Waals surface area contributed by atoms with E-state index in [0.29, 0.717) is 19.7 Å². The number of amides is 1. The van der Waals surface area contributed by atoms with Crippen LogP contribution in [0.25, 0.3) is 0 Å². The molecule has 0 unspecified atom stereocenters. The van der Waals surface area contributed by atoms with Crippen molar-refractivity contribution in [2.75, 3.05) is 13.7 Å². The molecular formula is C17H26N2O2. The number of carbonyl (C=O) groups is 1. The molecule has 21 heavy (non-hydrogen) atoms. The van der Waals surface area contributed by atoms with Crippen molar-refractivity contribution in [3.63, 3.8) is 0 Å². The van der Waals surface area contributed by atoms with E-state index in [1.807, 2.05) is 18.2 Å². The molecule has 0 atom stereocenters. The average Bonchev–Trinajstić information content (AvgIpc) is 2.54. The predicted octanol–water partition coefficient (Wildman–Crippen LogP) is 2.36. The highest BCUT2D eigenvalue weighted by Crippen LogP contribution is 2.35. The minimum Gasteiger partial charge on any atom is -0.380 e. The fourth-order valence-electron chi connectivity index (χ4n) is 3.12. The van der Waals surface area contributed by atoms with Crippen LogP contribution >= 0.6 is 0 Å². The molecule has 0 radical (unpaired) electrons. The summed E-state index contributed by atoms with van der Waals surface area (Å²) < 4.78 is 5.13. The zero-order valence-electron chi connectivity index (χ0n) is 12.9. The van der Waals surface area contributed by atoms with Gasteiger partial charge in [0.1, 0.15) is 0 Å². The van der Waals surface area contributed by atoms with Crippen LogP contribution in [0.2, 0.25) is 0 Å². The molecule has 0 bridgehead atoms. The highest BCUT2D eigenvalue weighted by atomic mass is 16.5. The average molecular weight is 290 g/mol. The third-order valence-electron chi connectivity index (χ3n) is 4.44. The molecule has 0 heterocycles. The topological polar surface area (TPSA) is 64.3 Å². The van der Waals surface area contributed by atoms with Crippen molar-refractivity contribution < 1.29 is 9.53 Å². The Morgan fingerprint density at radius 2 is 2.00 bits per heavy atom. The molecule has 0 saturated heterocycles. The number of nitrogens with two attached hydrogens (primary N) is 1. The molecule has 1 fully saturated rings. The standard InChI is InChI=1S/C17H26N2O2/c1-21-12-15-7-5-6-14(10-15)11-19-16(20)17(13-18)8-3-2-4-9-17/h5-7,10H,2-4,8-9,11-13,18H2,1H3,(H,19,20). The smallest absolute Gasteiger partial charge is 0.227 e. The Bertz CT molecular complexity index is 468. The van der Waals surface area contributed by atoms with Crippen LogP contribution in [0.3, 0.4) is 0 Å². The predicted molar refractivity (Wildman–Crippen MR) is 83.6 cm³/mol. The number of hydrogen-bond donors (Lipinski definition) is 2. The Hall–Kier alpha value is -1.39. The minimum absolute atomic E-state index is 0.113. The summed E-state index contributed by atoms with van der Waals surface area (Å²) in [4.78, 5) is 12.5. The largest absolute Gasteiger partial charge is 0.380 e. The maximum Gasteiger partial charge on any atom is 0.227 e. The van der Waals surface area contributed by atoms with Crippen LogP contribution in [0.5, 0.6) is 0 Å². The van der Waals surface area contributed by atoms with E-state index >= 15 is 0 Å². The first-order valence-electron chi connectivity index (χ1n) is 7.75. The number of hydrogen-bond acceptors (Lipinski definition) is 3. The van der Waals surface area contributed by atoms with E-state index in [-0.39, 0.29) is 11.3 Å². The second kappa shape index (κ2) is 7.57. The lowest BCUT2D eigenvalue weighted by atomic mass is 9.73. The van der Waals surface area contributed by atoms with E-state index in [2.05, 4.69) is 11.4 Å². The summed E-state index contributed by atoms with van der Waals surface area (Å²) in [6.45, 7) is 1.59. The SMILES string of the molecule is COCc1cccc(CNC(=O)C2(CN)CCCCC2)c1. The zero-order chi connectivity index (χ0) is 15.1. The Morgan fingerprint density at radius 3 is 2.67 bits per heavy atom. The molecule has 4 nitrogen and oxygen atoms in total. The Morgan fingerprint density at radius 1 is 1.29 bits per heavy atom. The fraction of sp³-hybridized carbons (Fsp3) is 0.588. The van der Waals surface area contributed by atoms with E-state index in [1.54, 1.807) is 7.11 Å². The van der Waals surface area contributed by atoms with E-state index in [1.165, 1.54) is 6.42 Å². The van der Waals surface area contributed by atoms with Crippen LogP contribution in [-0.4, -0.2) is 19.6 Å². The van der Waals surface area contributed by atoms with Crippen LogP contribution < -0.4 is 11.1 Å². The highest BCUT2D eigenvalue weighted by molar-refractivity contribution is 5.83. The minimum atomic E-state index is -0.345. The third kappa shape index (κ3) is 4.05. The Balaban J connectivity index is 1.95. The van der Waals surface area contributed by atoms with Crippen molar-refractivity contribution in [1.82, 2.24) is 5.32 Å². The van der Waals surface area contributed by atoms with Gasteiger partial charge in [0.2, 0.25) is 5.91 Å². The molecule has 1 aromatic carbocycles. The summed E-state index contributed by atoms with van der Waals surface area (Å²) in [6.07, 6.45) is 5.26. The van der Waals surface area contributed by atoms with Gasteiger partial charge >= 0.3 is 0 Å². The number of carbonyl (C=O) groups excluding carboxylic acids is 1. The van der Waals surface area contributed by atoms with Gasteiger partial charge in [-0.25, -0.2) is 0 Å². The molecule has 1 aliphatic rings. The van der Waals surface area contributed by atoms with Crippen LogP contribution in [-0.2, 0) is 22.7 Å². The van der Waals surface area contributed by atoms with Gasteiger partial charge < -0.3 is 15.8 Å². The number of methoxy groups -OCH3 is 1. The van der Waals surface area contributed by atoms with Crippen molar-refractivity contribution in [3.8, 4) is 0 Å². The molecule has 116 valence electrons. The second-order valence-corrected chi connectivity index (χ2v) is 5.98. The van der Waals surface area contributed by atoms with Gasteiger partial charge in [-0.15, -0.1) is 0 Å². The monoisotopic (exact) mass is 290 g/mol. The Labute approximate surface area is 127 Å². The van der Waals surface area contributed by atoms with Gasteiger partial charge in [0.15, 0.2) is 0 Å². The zero-order valence-corrected chi connectivity index (χ0v) is 12.9. The summed E-state index contributed by atoms with van der Waals surface area (Å²) in [5.41, 5.74) is 7.77. The fourth-order valence-corrected chi connectivity index (χ4v) is 3.12. The molecule has 0 aliphatic heterocycles. The van der Waals surface area contributed by atoms with Gasteiger partial charge in [-0.1, -0.05) is 43.5 Å². The summed E-state index contributed by atoms with van der Waals surface area (Å²) in [6, 6.07) is 8.11. The molecular weight excluding hydrogens is 264 g/mol. The molecule has 1 aromatic rings. The summed E-state index contributed by atoms with van der Waals surface area (Å²) in [7, 11) is 1.68. The lowest BCUT2D eigenvalue weighted by Gasteiger charge is -2.34. The molecule has 4 heteroatoms. The first-order chi connectivity index (χ1) is 10.2. The lowest BCUT2D eigenvalue weighted by molar-refractivity contribution is -0.132. The van der Waals surface area contributed by atoms with Crippen molar-refractivity contribution in [2.45, 2.75) is 45.3 Å². The number of ether oxygens (including phenoxy) is 1. The first kappa shape index (κ1) is 16.0. The van der Waals surface area contributed by atoms with Gasteiger partial charge in [-0.3, -0.25) is 4.79 Å². The van der Waals surface area contributed by atoms with Crippen molar-refractivity contribution in [2.24, 2.45) is 11.1 Å². The van der Waals surface area contributed by atoms with Crippen LogP contribution in [0, 0.1) is 5.41 Å². The van der Waals surface area contributed by atoms with Crippen LogP contribution in [0.1, 0.15) is 43.2 Å². The van der Waals surface area contributed by atoms with E-state index < -0.39 is 0 Å². The molecule has 0 aromatic heterocycles. The summed E-state index contributed by atoms with van der Waals surface area (Å²) >= 11 is 0. The number of benzene rings is 1. The van der Waals surface area contributed by atoms with Crippen molar-refractivity contribution >= 4 is 5.91 Å².